The maximum Gasteiger partial charge on any atom is 0.236 e. The molecule has 4 rings (SSSR count). The largest absolute Gasteiger partial charge is 0.497 e. The van der Waals surface area contributed by atoms with Crippen LogP contribution in [-0.4, -0.2) is 41.9 Å². The number of hydrogen-bond donors (Lipinski definition) is 2. The highest BCUT2D eigenvalue weighted by Gasteiger charge is 2.16. The molecular formula is C19H18N6O3S. The number of ether oxygens (including phenoxy) is 1. The lowest BCUT2D eigenvalue weighted by atomic mass is 10.2. The number of anilines is 4. The summed E-state index contributed by atoms with van der Waals surface area (Å²) in [5, 5.41) is 7.64. The number of H-pyrrole nitrogens is 1. The molecule has 0 unspecified atom stereocenters. The molecule has 148 valence electrons. The Morgan fingerprint density at radius 1 is 1.00 bits per heavy atom. The number of nitrogens with zero attached hydrogens (tertiary/aromatic N) is 4. The molecule has 0 spiro atoms. The van der Waals surface area contributed by atoms with Gasteiger partial charge in [-0.1, -0.05) is 0 Å². The summed E-state index contributed by atoms with van der Waals surface area (Å²) in [6.07, 6.45) is 4.46. The maximum absolute atomic E-state index is 11.5. The number of benzene rings is 2. The fraction of sp³-hybridized carbons (Fsp3) is 0.105. The molecule has 2 heterocycles. The van der Waals surface area contributed by atoms with Crippen molar-refractivity contribution >= 4 is 44.1 Å². The van der Waals surface area contributed by atoms with E-state index < -0.39 is 10.0 Å². The zero-order valence-corrected chi connectivity index (χ0v) is 16.5. The molecule has 0 aliphatic carbocycles. The molecule has 0 radical (unpaired) electrons. The van der Waals surface area contributed by atoms with Crippen molar-refractivity contribution in [3.63, 3.8) is 0 Å². The van der Waals surface area contributed by atoms with E-state index in [9.17, 15) is 8.42 Å². The molecule has 29 heavy (non-hydrogen) atoms. The highest BCUT2D eigenvalue weighted by Crippen LogP contribution is 2.34. The number of fused-ring (bicyclic) bond motifs is 1. The first-order valence-electron chi connectivity index (χ1n) is 8.61. The van der Waals surface area contributed by atoms with Crippen molar-refractivity contribution in [1.82, 2.24) is 20.2 Å². The third-order valence-electron chi connectivity index (χ3n) is 4.14. The van der Waals surface area contributed by atoms with Gasteiger partial charge >= 0.3 is 0 Å². The second-order valence-electron chi connectivity index (χ2n) is 6.30. The average Bonchev–Trinajstić information content (AvgIpc) is 3.17. The standard InChI is InChI=1S/C19H18N6O3S/c1-28-17-9-7-16(8-10-17)25(19-20-11-13-12-21-23-18(13)22-19)15-5-3-14(4-6-15)24-29(2,26)27/h3-12,24H,1-2H3,(H,20,21,22,23). The number of aromatic nitrogens is 4. The normalized spacial score (nSPS) is 11.4. The number of rotatable bonds is 6. The molecule has 2 N–H and O–H groups in total. The molecule has 9 nitrogen and oxygen atoms in total. The van der Waals surface area contributed by atoms with Gasteiger partial charge in [0.2, 0.25) is 16.0 Å². The topological polar surface area (TPSA) is 113 Å². The van der Waals surface area contributed by atoms with Crippen LogP contribution in [0.1, 0.15) is 0 Å². The Hall–Kier alpha value is -3.66. The van der Waals surface area contributed by atoms with Crippen LogP contribution in [0.25, 0.3) is 11.0 Å². The van der Waals surface area contributed by atoms with Crippen LogP contribution in [0.2, 0.25) is 0 Å². The fourth-order valence-electron chi connectivity index (χ4n) is 2.84. The van der Waals surface area contributed by atoms with Gasteiger partial charge in [-0.15, -0.1) is 0 Å². The van der Waals surface area contributed by atoms with Crippen LogP contribution < -0.4 is 14.4 Å². The van der Waals surface area contributed by atoms with E-state index in [1.807, 2.05) is 29.2 Å². The first kappa shape index (κ1) is 18.7. The van der Waals surface area contributed by atoms with E-state index in [-0.39, 0.29) is 0 Å². The van der Waals surface area contributed by atoms with Crippen molar-refractivity contribution in [3.8, 4) is 5.75 Å². The molecule has 2 aromatic heterocycles. The predicted octanol–water partition coefficient (Wildman–Crippen LogP) is 3.20. The average molecular weight is 410 g/mol. The summed E-state index contributed by atoms with van der Waals surface area (Å²) in [5.41, 5.74) is 2.65. The van der Waals surface area contributed by atoms with Gasteiger partial charge in [0.1, 0.15) is 5.75 Å². The van der Waals surface area contributed by atoms with E-state index >= 15 is 0 Å². The van der Waals surface area contributed by atoms with Crippen molar-refractivity contribution in [3.05, 3.63) is 60.9 Å². The van der Waals surface area contributed by atoms with E-state index in [4.69, 9.17) is 4.74 Å². The van der Waals surface area contributed by atoms with Gasteiger partial charge in [0.25, 0.3) is 0 Å². The van der Waals surface area contributed by atoms with Crippen LogP contribution in [0.4, 0.5) is 23.0 Å². The summed E-state index contributed by atoms with van der Waals surface area (Å²) in [4.78, 5) is 10.9. The lowest BCUT2D eigenvalue weighted by molar-refractivity contribution is 0.415. The van der Waals surface area contributed by atoms with E-state index in [1.165, 1.54) is 0 Å². The smallest absolute Gasteiger partial charge is 0.236 e. The van der Waals surface area contributed by atoms with Crippen LogP contribution in [0.15, 0.2) is 60.9 Å². The Morgan fingerprint density at radius 3 is 2.28 bits per heavy atom. The van der Waals surface area contributed by atoms with Gasteiger partial charge < -0.3 is 4.74 Å². The van der Waals surface area contributed by atoms with Gasteiger partial charge in [-0.05, 0) is 48.5 Å². The van der Waals surface area contributed by atoms with Gasteiger partial charge in [-0.25, -0.2) is 13.4 Å². The van der Waals surface area contributed by atoms with Gasteiger partial charge in [-0.3, -0.25) is 14.7 Å². The van der Waals surface area contributed by atoms with Crippen molar-refractivity contribution in [2.75, 3.05) is 23.0 Å². The minimum Gasteiger partial charge on any atom is -0.497 e. The molecule has 0 saturated carbocycles. The Morgan fingerprint density at radius 2 is 1.66 bits per heavy atom. The SMILES string of the molecule is COc1ccc(N(c2ccc(NS(C)(=O)=O)cc2)c2ncc3cn[nH]c3n2)cc1. The number of sulfonamides is 1. The highest BCUT2D eigenvalue weighted by atomic mass is 32.2. The van der Waals surface area contributed by atoms with Crippen molar-refractivity contribution < 1.29 is 13.2 Å². The lowest BCUT2D eigenvalue weighted by Gasteiger charge is -2.23. The molecule has 0 bridgehead atoms. The van der Waals surface area contributed by atoms with Gasteiger partial charge in [0.05, 0.1) is 24.9 Å². The second kappa shape index (κ2) is 7.40. The summed E-state index contributed by atoms with van der Waals surface area (Å²) >= 11 is 0. The van der Waals surface area contributed by atoms with E-state index in [1.54, 1.807) is 43.8 Å². The van der Waals surface area contributed by atoms with Gasteiger partial charge in [-0.2, -0.15) is 10.1 Å². The highest BCUT2D eigenvalue weighted by molar-refractivity contribution is 7.92. The zero-order valence-electron chi connectivity index (χ0n) is 15.7. The predicted molar refractivity (Wildman–Crippen MR) is 111 cm³/mol. The molecular weight excluding hydrogens is 392 g/mol. The number of hydrogen-bond acceptors (Lipinski definition) is 7. The first-order valence-corrected chi connectivity index (χ1v) is 10.5. The molecule has 0 amide bonds. The van der Waals surface area contributed by atoms with Crippen molar-refractivity contribution in [1.29, 1.82) is 0 Å². The lowest BCUT2D eigenvalue weighted by Crippen LogP contribution is -2.14. The van der Waals surface area contributed by atoms with Crippen LogP contribution >= 0.6 is 0 Å². The first-order chi connectivity index (χ1) is 13.9. The summed E-state index contributed by atoms with van der Waals surface area (Å²) in [7, 11) is -1.75. The van der Waals surface area contributed by atoms with Crippen molar-refractivity contribution in [2.24, 2.45) is 0 Å². The molecule has 0 aliphatic heterocycles. The monoisotopic (exact) mass is 410 g/mol. The Kier molecular flexibility index (Phi) is 4.77. The van der Waals surface area contributed by atoms with Crippen LogP contribution in [0.3, 0.4) is 0 Å². The Balaban J connectivity index is 1.78. The molecule has 10 heteroatoms. The zero-order chi connectivity index (χ0) is 20.4. The number of nitrogens with one attached hydrogen (secondary N) is 2. The van der Waals surface area contributed by atoms with Crippen LogP contribution in [0, 0.1) is 0 Å². The van der Waals surface area contributed by atoms with Gasteiger partial charge in [0, 0.05) is 23.3 Å². The minimum atomic E-state index is -3.35. The summed E-state index contributed by atoms with van der Waals surface area (Å²) in [6, 6.07) is 14.4. The van der Waals surface area contributed by atoms with Crippen LogP contribution in [0.5, 0.6) is 5.75 Å². The molecule has 0 saturated heterocycles. The van der Waals surface area contributed by atoms with Crippen LogP contribution in [-0.2, 0) is 10.0 Å². The summed E-state index contributed by atoms with van der Waals surface area (Å²) < 4.78 is 30.6. The van der Waals surface area contributed by atoms with Crippen molar-refractivity contribution in [2.45, 2.75) is 0 Å². The number of methoxy groups -OCH3 is 1. The quantitative estimate of drug-likeness (QED) is 0.502. The van der Waals surface area contributed by atoms with Gasteiger partial charge in [0.15, 0.2) is 5.65 Å². The summed E-state index contributed by atoms with van der Waals surface area (Å²) in [6.45, 7) is 0. The molecule has 4 aromatic rings. The number of aromatic amines is 1. The van der Waals surface area contributed by atoms with E-state index in [0.717, 1.165) is 28.8 Å². The molecule has 0 fully saturated rings. The fourth-order valence-corrected chi connectivity index (χ4v) is 3.40. The third kappa shape index (κ3) is 4.11. The van der Waals surface area contributed by atoms with E-state index in [0.29, 0.717) is 17.3 Å². The second-order valence-corrected chi connectivity index (χ2v) is 8.05. The van der Waals surface area contributed by atoms with E-state index in [2.05, 4.69) is 24.9 Å². The minimum absolute atomic E-state index is 0.440. The summed E-state index contributed by atoms with van der Waals surface area (Å²) in [5.74, 6) is 1.17. The maximum atomic E-state index is 11.5. The Bertz CT molecular complexity index is 1240. The molecule has 0 atom stereocenters. The molecule has 2 aromatic carbocycles. The Labute approximate surface area is 167 Å². The molecule has 0 aliphatic rings. The third-order valence-corrected chi connectivity index (χ3v) is 4.74.